The summed E-state index contributed by atoms with van der Waals surface area (Å²) in [5.74, 6) is 0.598. The lowest BCUT2D eigenvalue weighted by Gasteiger charge is -2.07. The van der Waals surface area contributed by atoms with Gasteiger partial charge in [0, 0.05) is 6.61 Å². The van der Waals surface area contributed by atoms with Crippen LogP contribution in [0.1, 0.15) is 22.8 Å². The second-order valence-corrected chi connectivity index (χ2v) is 4.60. The van der Waals surface area contributed by atoms with Crippen LogP contribution in [0.25, 0.3) is 0 Å². The maximum Gasteiger partial charge on any atom is 0.343 e. The van der Waals surface area contributed by atoms with E-state index in [-0.39, 0.29) is 0 Å². The summed E-state index contributed by atoms with van der Waals surface area (Å²) >= 11 is 0. The average Bonchev–Trinajstić information content (AvgIpc) is 2.60. The van der Waals surface area contributed by atoms with E-state index in [2.05, 4.69) is 0 Å². The molecule has 2 aromatic rings. The van der Waals surface area contributed by atoms with Crippen molar-refractivity contribution in [3.05, 3.63) is 59.7 Å². The van der Waals surface area contributed by atoms with E-state index in [1.165, 1.54) is 0 Å². The molecular formula is C18H17NO4. The van der Waals surface area contributed by atoms with Crippen LogP contribution in [0.15, 0.2) is 48.5 Å². The third-order valence-corrected chi connectivity index (χ3v) is 2.98. The van der Waals surface area contributed by atoms with Gasteiger partial charge in [-0.2, -0.15) is 5.26 Å². The predicted octanol–water partition coefficient (Wildman–Crippen LogP) is 3.19. The van der Waals surface area contributed by atoms with Gasteiger partial charge >= 0.3 is 5.97 Å². The zero-order valence-electron chi connectivity index (χ0n) is 12.8. The number of hydrogen-bond acceptors (Lipinski definition) is 5. The Labute approximate surface area is 135 Å². The van der Waals surface area contributed by atoms with E-state index in [0.717, 1.165) is 0 Å². The minimum Gasteiger partial charge on any atom is -0.491 e. The molecule has 0 aliphatic heterocycles. The number of nitrogens with zero attached hydrogens (tertiary/aromatic N) is 1. The van der Waals surface area contributed by atoms with E-state index in [0.29, 0.717) is 42.4 Å². The summed E-state index contributed by atoms with van der Waals surface area (Å²) in [5, 5.41) is 8.73. The first-order valence-corrected chi connectivity index (χ1v) is 7.26. The van der Waals surface area contributed by atoms with Crippen molar-refractivity contribution in [2.24, 2.45) is 0 Å². The lowest BCUT2D eigenvalue weighted by Crippen LogP contribution is -2.09. The highest BCUT2D eigenvalue weighted by atomic mass is 16.5. The summed E-state index contributed by atoms with van der Waals surface area (Å²) in [5.41, 5.74) is 0.935. The molecule has 2 aromatic carbocycles. The van der Waals surface area contributed by atoms with Gasteiger partial charge in [0.15, 0.2) is 0 Å². The zero-order chi connectivity index (χ0) is 16.5. The molecule has 0 atom stereocenters. The maximum atomic E-state index is 12.0. The summed E-state index contributed by atoms with van der Waals surface area (Å²) in [6, 6.07) is 15.1. The minimum absolute atomic E-state index is 0.394. The monoisotopic (exact) mass is 311 g/mol. The fourth-order valence-electron chi connectivity index (χ4n) is 1.81. The Balaban J connectivity index is 1.90. The van der Waals surface area contributed by atoms with Gasteiger partial charge in [-0.1, -0.05) is 0 Å². The molecule has 23 heavy (non-hydrogen) atoms. The van der Waals surface area contributed by atoms with Crippen LogP contribution in [0.4, 0.5) is 0 Å². The molecule has 5 heteroatoms. The summed E-state index contributed by atoms with van der Waals surface area (Å²) in [7, 11) is 0. The van der Waals surface area contributed by atoms with E-state index in [1.807, 2.05) is 13.0 Å². The van der Waals surface area contributed by atoms with E-state index in [1.54, 1.807) is 48.5 Å². The van der Waals surface area contributed by atoms with E-state index in [4.69, 9.17) is 19.5 Å². The number of rotatable bonds is 7. The lowest BCUT2D eigenvalue weighted by atomic mass is 10.2. The molecule has 0 saturated heterocycles. The van der Waals surface area contributed by atoms with E-state index in [9.17, 15) is 4.79 Å². The smallest absolute Gasteiger partial charge is 0.343 e. The van der Waals surface area contributed by atoms with Crippen LogP contribution >= 0.6 is 0 Å². The number of hydrogen-bond donors (Lipinski definition) is 0. The van der Waals surface area contributed by atoms with Gasteiger partial charge in [-0.3, -0.25) is 0 Å². The molecule has 0 saturated carbocycles. The van der Waals surface area contributed by atoms with Gasteiger partial charge in [-0.05, 0) is 55.5 Å². The quantitative estimate of drug-likeness (QED) is 0.446. The Morgan fingerprint density at radius 3 is 2.26 bits per heavy atom. The summed E-state index contributed by atoms with van der Waals surface area (Å²) < 4.78 is 15.9. The number of ether oxygens (including phenoxy) is 3. The van der Waals surface area contributed by atoms with Gasteiger partial charge < -0.3 is 14.2 Å². The number of esters is 1. The van der Waals surface area contributed by atoms with Crippen LogP contribution in [0.3, 0.4) is 0 Å². The molecule has 0 amide bonds. The van der Waals surface area contributed by atoms with Gasteiger partial charge in [0.25, 0.3) is 0 Å². The van der Waals surface area contributed by atoms with Crippen LogP contribution in [0, 0.1) is 11.3 Å². The van der Waals surface area contributed by atoms with Gasteiger partial charge in [0.2, 0.25) is 0 Å². The lowest BCUT2D eigenvalue weighted by molar-refractivity contribution is 0.0734. The van der Waals surface area contributed by atoms with Crippen molar-refractivity contribution in [1.82, 2.24) is 0 Å². The fourth-order valence-corrected chi connectivity index (χ4v) is 1.81. The summed E-state index contributed by atoms with van der Waals surface area (Å²) in [4.78, 5) is 12.0. The predicted molar refractivity (Wildman–Crippen MR) is 84.5 cm³/mol. The van der Waals surface area contributed by atoms with Crippen LogP contribution in [0.5, 0.6) is 11.5 Å². The van der Waals surface area contributed by atoms with Crippen molar-refractivity contribution in [2.45, 2.75) is 6.92 Å². The Morgan fingerprint density at radius 2 is 1.65 bits per heavy atom. The molecular weight excluding hydrogens is 294 g/mol. The van der Waals surface area contributed by atoms with Crippen LogP contribution < -0.4 is 9.47 Å². The van der Waals surface area contributed by atoms with Crippen LogP contribution in [0.2, 0.25) is 0 Å². The summed E-state index contributed by atoms with van der Waals surface area (Å²) in [6.07, 6.45) is 0. The molecule has 5 nitrogen and oxygen atoms in total. The fraction of sp³-hybridized carbons (Fsp3) is 0.222. The van der Waals surface area contributed by atoms with Gasteiger partial charge in [0.1, 0.15) is 18.1 Å². The van der Waals surface area contributed by atoms with Gasteiger partial charge in [-0.15, -0.1) is 0 Å². The number of benzene rings is 2. The topological polar surface area (TPSA) is 68.6 Å². The average molecular weight is 311 g/mol. The van der Waals surface area contributed by atoms with Gasteiger partial charge in [-0.25, -0.2) is 4.79 Å². The number of nitriles is 1. The number of carbonyl (C=O) groups excluding carboxylic acids is 1. The van der Waals surface area contributed by atoms with Crippen molar-refractivity contribution in [3.63, 3.8) is 0 Å². The normalized spacial score (nSPS) is 9.91. The second-order valence-electron chi connectivity index (χ2n) is 4.60. The Hall–Kier alpha value is -2.84. The Bertz CT molecular complexity index is 672. The molecule has 0 aliphatic rings. The molecule has 0 radical (unpaired) electrons. The first-order chi connectivity index (χ1) is 11.2. The molecule has 0 fully saturated rings. The first kappa shape index (κ1) is 16.5. The van der Waals surface area contributed by atoms with E-state index >= 15 is 0 Å². The maximum absolute atomic E-state index is 12.0. The minimum atomic E-state index is -0.462. The van der Waals surface area contributed by atoms with Crippen molar-refractivity contribution < 1.29 is 19.0 Å². The molecule has 0 N–H and O–H groups in total. The molecule has 0 heterocycles. The zero-order valence-corrected chi connectivity index (χ0v) is 12.8. The first-order valence-electron chi connectivity index (χ1n) is 7.26. The molecule has 0 bridgehead atoms. The standard InChI is InChI=1S/C18H17NO4/c1-2-21-11-12-22-16-9-5-15(6-10-16)18(20)23-17-7-3-14(13-19)4-8-17/h3-10H,2,11-12H2,1H3. The molecule has 0 aromatic heterocycles. The SMILES string of the molecule is CCOCCOc1ccc(C(=O)Oc2ccc(C#N)cc2)cc1. The molecule has 2 rings (SSSR count). The van der Waals surface area contributed by atoms with E-state index < -0.39 is 5.97 Å². The third kappa shape index (κ3) is 5.13. The third-order valence-electron chi connectivity index (χ3n) is 2.98. The summed E-state index contributed by atoms with van der Waals surface area (Å²) in [6.45, 7) is 3.57. The molecule has 0 spiro atoms. The van der Waals surface area contributed by atoms with Crippen molar-refractivity contribution in [1.29, 1.82) is 5.26 Å². The Kier molecular flexibility index (Phi) is 6.16. The van der Waals surface area contributed by atoms with Crippen molar-refractivity contribution in [3.8, 4) is 17.6 Å². The Morgan fingerprint density at radius 1 is 1.00 bits per heavy atom. The van der Waals surface area contributed by atoms with Crippen LogP contribution in [-0.2, 0) is 4.74 Å². The largest absolute Gasteiger partial charge is 0.491 e. The van der Waals surface area contributed by atoms with Crippen molar-refractivity contribution in [2.75, 3.05) is 19.8 Å². The van der Waals surface area contributed by atoms with Crippen molar-refractivity contribution >= 4 is 5.97 Å². The van der Waals surface area contributed by atoms with Crippen LogP contribution in [-0.4, -0.2) is 25.8 Å². The highest BCUT2D eigenvalue weighted by Crippen LogP contribution is 2.16. The molecule has 0 unspecified atom stereocenters. The highest BCUT2D eigenvalue weighted by molar-refractivity contribution is 5.91. The highest BCUT2D eigenvalue weighted by Gasteiger charge is 2.08. The van der Waals surface area contributed by atoms with Gasteiger partial charge in [0.05, 0.1) is 23.8 Å². The molecule has 0 aliphatic carbocycles. The number of carbonyl (C=O) groups is 1. The molecule has 118 valence electrons. The second kappa shape index (κ2) is 8.57.